The summed E-state index contributed by atoms with van der Waals surface area (Å²) in [6.45, 7) is 7.55. The van der Waals surface area contributed by atoms with Crippen LogP contribution in [0.5, 0.6) is 11.5 Å². The summed E-state index contributed by atoms with van der Waals surface area (Å²) in [6, 6.07) is 5.64. The summed E-state index contributed by atoms with van der Waals surface area (Å²) < 4.78 is 11.1. The fraction of sp³-hybridized carbons (Fsp3) is 0.667. The molecule has 0 aromatic heterocycles. The summed E-state index contributed by atoms with van der Waals surface area (Å²) in [7, 11) is 1.63. The molecule has 0 aliphatic carbocycles. The maximum Gasteiger partial charge on any atom is 0.123 e. The summed E-state index contributed by atoms with van der Waals surface area (Å²) in [5, 5.41) is 28.2. The van der Waals surface area contributed by atoms with E-state index in [0.29, 0.717) is 19.6 Å². The van der Waals surface area contributed by atoms with E-state index < -0.39 is 6.10 Å². The largest absolute Gasteiger partial charge is 0.497 e. The van der Waals surface area contributed by atoms with E-state index in [9.17, 15) is 5.11 Å². The van der Waals surface area contributed by atoms with Gasteiger partial charge in [-0.1, -0.05) is 20.8 Å². The Morgan fingerprint density at radius 1 is 1.12 bits per heavy atom. The van der Waals surface area contributed by atoms with Crippen LogP contribution in [0.2, 0.25) is 0 Å². The molecule has 0 bridgehead atoms. The predicted molar refractivity (Wildman–Crippen MR) is 93.8 cm³/mol. The fourth-order valence-corrected chi connectivity index (χ4v) is 2.46. The molecule has 1 unspecified atom stereocenters. The Labute approximate surface area is 144 Å². The van der Waals surface area contributed by atoms with Gasteiger partial charge in [0.15, 0.2) is 0 Å². The first-order valence-corrected chi connectivity index (χ1v) is 8.25. The summed E-state index contributed by atoms with van der Waals surface area (Å²) in [4.78, 5) is 1.80. The number of methoxy groups -OCH3 is 1. The van der Waals surface area contributed by atoms with Crippen molar-refractivity contribution in [2.45, 2.75) is 32.3 Å². The number of rotatable bonds is 10. The third kappa shape index (κ3) is 6.65. The molecule has 24 heavy (non-hydrogen) atoms. The maximum absolute atomic E-state index is 10.2. The molecule has 0 aliphatic heterocycles. The molecule has 3 N–H and O–H groups in total. The zero-order chi connectivity index (χ0) is 18.2. The molecule has 1 rings (SSSR count). The minimum absolute atomic E-state index is 0.0137. The van der Waals surface area contributed by atoms with Crippen LogP contribution in [0.4, 0.5) is 0 Å². The van der Waals surface area contributed by atoms with Crippen molar-refractivity contribution in [3.63, 3.8) is 0 Å². The van der Waals surface area contributed by atoms with Crippen LogP contribution in [0, 0.1) is 0 Å². The Balaban J connectivity index is 2.72. The normalized spacial score (nSPS) is 13.2. The molecule has 0 aliphatic rings. The van der Waals surface area contributed by atoms with Gasteiger partial charge in [-0.05, 0) is 23.6 Å². The molecule has 6 nitrogen and oxygen atoms in total. The molecule has 1 aromatic carbocycles. The van der Waals surface area contributed by atoms with Crippen molar-refractivity contribution in [1.29, 1.82) is 0 Å². The highest BCUT2D eigenvalue weighted by molar-refractivity contribution is 5.44. The Kier molecular flexibility index (Phi) is 8.48. The quantitative estimate of drug-likeness (QED) is 0.589. The van der Waals surface area contributed by atoms with Crippen molar-refractivity contribution in [3.05, 3.63) is 23.8 Å². The van der Waals surface area contributed by atoms with Crippen molar-refractivity contribution in [1.82, 2.24) is 4.90 Å². The first kappa shape index (κ1) is 20.7. The third-order valence-electron chi connectivity index (χ3n) is 3.73. The van der Waals surface area contributed by atoms with E-state index in [1.807, 2.05) is 18.2 Å². The number of hydrogen-bond donors (Lipinski definition) is 3. The summed E-state index contributed by atoms with van der Waals surface area (Å²) >= 11 is 0. The van der Waals surface area contributed by atoms with Crippen LogP contribution in [-0.2, 0) is 5.41 Å². The molecule has 0 saturated heterocycles. The van der Waals surface area contributed by atoms with E-state index in [0.717, 1.165) is 17.1 Å². The number of ether oxygens (including phenoxy) is 2. The minimum Gasteiger partial charge on any atom is -0.497 e. The molecule has 0 spiro atoms. The Morgan fingerprint density at radius 2 is 1.75 bits per heavy atom. The van der Waals surface area contributed by atoms with Crippen molar-refractivity contribution in [2.75, 3.05) is 46.6 Å². The monoisotopic (exact) mass is 341 g/mol. The van der Waals surface area contributed by atoms with Crippen molar-refractivity contribution >= 4 is 0 Å². The Bertz CT molecular complexity index is 481. The van der Waals surface area contributed by atoms with Crippen molar-refractivity contribution in [3.8, 4) is 11.5 Å². The van der Waals surface area contributed by atoms with Crippen LogP contribution < -0.4 is 9.47 Å². The zero-order valence-electron chi connectivity index (χ0n) is 15.2. The van der Waals surface area contributed by atoms with Gasteiger partial charge in [-0.3, -0.25) is 4.90 Å². The highest BCUT2D eigenvalue weighted by atomic mass is 16.5. The molecular weight excluding hydrogens is 310 g/mol. The lowest BCUT2D eigenvalue weighted by Crippen LogP contribution is -2.39. The van der Waals surface area contributed by atoms with Gasteiger partial charge in [0.05, 0.1) is 20.3 Å². The summed E-state index contributed by atoms with van der Waals surface area (Å²) in [5.74, 6) is 1.49. The van der Waals surface area contributed by atoms with E-state index in [2.05, 4.69) is 20.8 Å². The lowest BCUT2D eigenvalue weighted by molar-refractivity contribution is 0.0547. The van der Waals surface area contributed by atoms with Gasteiger partial charge >= 0.3 is 0 Å². The predicted octanol–water partition coefficient (Wildman–Crippen LogP) is 1.02. The van der Waals surface area contributed by atoms with E-state index in [1.165, 1.54) is 0 Å². The van der Waals surface area contributed by atoms with Gasteiger partial charge < -0.3 is 24.8 Å². The van der Waals surface area contributed by atoms with Gasteiger partial charge in [0, 0.05) is 25.2 Å². The number of aliphatic hydroxyl groups excluding tert-OH is 3. The molecule has 1 aromatic rings. The second-order valence-electron chi connectivity index (χ2n) is 6.82. The smallest absolute Gasteiger partial charge is 0.123 e. The van der Waals surface area contributed by atoms with Crippen LogP contribution in [-0.4, -0.2) is 72.9 Å². The second kappa shape index (κ2) is 9.84. The van der Waals surface area contributed by atoms with Gasteiger partial charge in [0.25, 0.3) is 0 Å². The first-order chi connectivity index (χ1) is 11.3. The molecule has 0 heterocycles. The van der Waals surface area contributed by atoms with E-state index in [4.69, 9.17) is 19.7 Å². The van der Waals surface area contributed by atoms with Crippen LogP contribution in [0.3, 0.4) is 0 Å². The number of aliphatic hydroxyl groups is 3. The number of benzene rings is 1. The average Bonchev–Trinajstić information content (AvgIpc) is 2.52. The van der Waals surface area contributed by atoms with E-state index in [-0.39, 0.29) is 25.2 Å². The van der Waals surface area contributed by atoms with Crippen LogP contribution >= 0.6 is 0 Å². The molecule has 1 atom stereocenters. The SMILES string of the molecule is COc1ccc(OCC(O)CN(CCO)CCO)c(C(C)(C)C)c1. The van der Waals surface area contributed by atoms with Gasteiger partial charge in [-0.25, -0.2) is 0 Å². The molecule has 0 radical (unpaired) electrons. The number of nitrogens with zero attached hydrogens (tertiary/aromatic N) is 1. The van der Waals surface area contributed by atoms with Crippen LogP contribution in [0.25, 0.3) is 0 Å². The van der Waals surface area contributed by atoms with E-state index in [1.54, 1.807) is 12.0 Å². The lowest BCUT2D eigenvalue weighted by atomic mass is 9.86. The summed E-state index contributed by atoms with van der Waals surface area (Å²) in [5.41, 5.74) is 0.894. The van der Waals surface area contributed by atoms with Crippen LogP contribution in [0.1, 0.15) is 26.3 Å². The highest BCUT2D eigenvalue weighted by Crippen LogP contribution is 2.34. The van der Waals surface area contributed by atoms with Crippen molar-refractivity contribution < 1.29 is 24.8 Å². The Hall–Kier alpha value is -1.34. The third-order valence-corrected chi connectivity index (χ3v) is 3.73. The molecule has 6 heteroatoms. The molecular formula is C18H31NO5. The number of hydrogen-bond acceptors (Lipinski definition) is 6. The van der Waals surface area contributed by atoms with Crippen molar-refractivity contribution in [2.24, 2.45) is 0 Å². The van der Waals surface area contributed by atoms with Gasteiger partial charge in [-0.15, -0.1) is 0 Å². The molecule has 138 valence electrons. The van der Waals surface area contributed by atoms with Gasteiger partial charge in [-0.2, -0.15) is 0 Å². The van der Waals surface area contributed by atoms with Gasteiger partial charge in [0.1, 0.15) is 24.2 Å². The zero-order valence-corrected chi connectivity index (χ0v) is 15.2. The first-order valence-electron chi connectivity index (χ1n) is 8.25. The molecule has 0 saturated carbocycles. The van der Waals surface area contributed by atoms with Crippen LogP contribution in [0.15, 0.2) is 18.2 Å². The standard InChI is InChI=1S/C18H31NO5/c1-18(2,3)16-11-15(23-4)5-6-17(16)24-13-14(22)12-19(7-9-20)8-10-21/h5-6,11,14,20-22H,7-10,12-13H2,1-4H3. The maximum atomic E-state index is 10.2. The minimum atomic E-state index is -0.710. The summed E-state index contributed by atoms with van der Waals surface area (Å²) in [6.07, 6.45) is -0.710. The van der Waals surface area contributed by atoms with E-state index >= 15 is 0 Å². The topological polar surface area (TPSA) is 82.4 Å². The Morgan fingerprint density at radius 3 is 2.25 bits per heavy atom. The highest BCUT2D eigenvalue weighted by Gasteiger charge is 2.21. The second-order valence-corrected chi connectivity index (χ2v) is 6.82. The average molecular weight is 341 g/mol. The van der Waals surface area contributed by atoms with Gasteiger partial charge in [0.2, 0.25) is 0 Å². The molecule has 0 amide bonds. The molecule has 0 fully saturated rings. The fourth-order valence-electron chi connectivity index (χ4n) is 2.46. The lowest BCUT2D eigenvalue weighted by Gasteiger charge is -2.26.